The summed E-state index contributed by atoms with van der Waals surface area (Å²) in [6.07, 6.45) is 0.421. The lowest BCUT2D eigenvalue weighted by Gasteiger charge is -2.19. The number of alkyl halides is 1. The van der Waals surface area contributed by atoms with Gasteiger partial charge in [0.15, 0.2) is 0 Å². The van der Waals surface area contributed by atoms with Gasteiger partial charge in [-0.3, -0.25) is 0 Å². The molecule has 0 saturated carbocycles. The van der Waals surface area contributed by atoms with Crippen LogP contribution in [0.1, 0.15) is 26.3 Å². The number of halogens is 1. The van der Waals surface area contributed by atoms with E-state index in [9.17, 15) is 4.79 Å². The first-order chi connectivity index (χ1) is 10.9. The maximum atomic E-state index is 11.4. The smallest absolute Gasteiger partial charge is 0.407 e. The molecule has 0 atom stereocenters. The Morgan fingerprint density at radius 1 is 1.13 bits per heavy atom. The van der Waals surface area contributed by atoms with Crippen LogP contribution in [0.25, 0.3) is 0 Å². The Labute approximate surface area is 143 Å². The molecule has 130 valence electrons. The van der Waals surface area contributed by atoms with Crippen molar-refractivity contribution in [3.8, 4) is 5.75 Å². The molecule has 1 aromatic carbocycles. The zero-order chi connectivity index (χ0) is 17.1. The molecule has 0 radical (unpaired) electrons. The monoisotopic (exact) mass is 343 g/mol. The lowest BCUT2D eigenvalue weighted by atomic mass is 10.2. The molecule has 0 fully saturated rings. The fourth-order valence-electron chi connectivity index (χ4n) is 1.72. The van der Waals surface area contributed by atoms with Crippen molar-refractivity contribution in [2.24, 2.45) is 0 Å². The van der Waals surface area contributed by atoms with E-state index in [-0.39, 0.29) is 0 Å². The maximum absolute atomic E-state index is 11.4. The number of carbonyl (C=O) groups excluding carboxylic acids is 1. The molecule has 0 aliphatic carbocycles. The van der Waals surface area contributed by atoms with E-state index in [0.29, 0.717) is 32.2 Å². The Morgan fingerprint density at radius 3 is 2.43 bits per heavy atom. The number of aryl methyl sites for hydroxylation is 1. The highest BCUT2D eigenvalue weighted by atomic mass is 35.5. The zero-order valence-electron chi connectivity index (χ0n) is 14.1. The van der Waals surface area contributed by atoms with Gasteiger partial charge in [0, 0.05) is 12.4 Å². The van der Waals surface area contributed by atoms with Crippen molar-refractivity contribution in [2.75, 3.05) is 32.2 Å². The van der Waals surface area contributed by atoms with E-state index in [0.717, 1.165) is 12.2 Å². The largest absolute Gasteiger partial charge is 0.491 e. The van der Waals surface area contributed by atoms with Gasteiger partial charge in [-0.1, -0.05) is 12.1 Å². The van der Waals surface area contributed by atoms with Gasteiger partial charge in [-0.05, 0) is 44.9 Å². The SMILES string of the molecule is CC(C)(C)OC(=O)NCCOCCOc1ccc(CCCl)cc1. The second-order valence-corrected chi connectivity index (χ2v) is 6.35. The van der Waals surface area contributed by atoms with E-state index >= 15 is 0 Å². The number of nitrogens with one attached hydrogen (secondary N) is 1. The van der Waals surface area contributed by atoms with Crippen LogP contribution >= 0.6 is 11.6 Å². The van der Waals surface area contributed by atoms with E-state index in [4.69, 9.17) is 25.8 Å². The second-order valence-electron chi connectivity index (χ2n) is 5.97. The Morgan fingerprint density at radius 2 is 1.83 bits per heavy atom. The lowest BCUT2D eigenvalue weighted by Crippen LogP contribution is -2.34. The molecule has 5 nitrogen and oxygen atoms in total. The molecule has 6 heteroatoms. The van der Waals surface area contributed by atoms with Crippen LogP contribution in [0.2, 0.25) is 0 Å². The summed E-state index contributed by atoms with van der Waals surface area (Å²) in [6, 6.07) is 7.85. The summed E-state index contributed by atoms with van der Waals surface area (Å²) in [4.78, 5) is 11.4. The van der Waals surface area contributed by atoms with E-state index in [1.165, 1.54) is 5.56 Å². The van der Waals surface area contributed by atoms with Crippen molar-refractivity contribution in [2.45, 2.75) is 32.8 Å². The first-order valence-electron chi connectivity index (χ1n) is 7.73. The van der Waals surface area contributed by atoms with Gasteiger partial charge < -0.3 is 19.5 Å². The molecule has 0 aliphatic rings. The van der Waals surface area contributed by atoms with Crippen molar-refractivity contribution < 1.29 is 19.0 Å². The van der Waals surface area contributed by atoms with Crippen LogP contribution in [0.5, 0.6) is 5.75 Å². The summed E-state index contributed by atoms with van der Waals surface area (Å²) in [7, 11) is 0. The van der Waals surface area contributed by atoms with Gasteiger partial charge in [-0.25, -0.2) is 4.79 Å². The molecule has 1 aromatic rings. The number of amides is 1. The minimum absolute atomic E-state index is 0.405. The van der Waals surface area contributed by atoms with Crippen LogP contribution in [0, 0.1) is 0 Å². The minimum Gasteiger partial charge on any atom is -0.491 e. The minimum atomic E-state index is -0.488. The molecule has 1 N–H and O–H groups in total. The van der Waals surface area contributed by atoms with Gasteiger partial charge in [-0.2, -0.15) is 0 Å². The van der Waals surface area contributed by atoms with Gasteiger partial charge in [0.1, 0.15) is 18.0 Å². The third kappa shape index (κ3) is 10.0. The second kappa shape index (κ2) is 10.3. The van der Waals surface area contributed by atoms with Gasteiger partial charge in [0.25, 0.3) is 0 Å². The summed E-state index contributed by atoms with van der Waals surface area (Å²) in [5.41, 5.74) is 0.703. The van der Waals surface area contributed by atoms with Crippen LogP contribution in [-0.2, 0) is 15.9 Å². The van der Waals surface area contributed by atoms with Crippen LogP contribution < -0.4 is 10.1 Å². The molecule has 1 amide bonds. The van der Waals surface area contributed by atoms with Crippen LogP contribution in [-0.4, -0.2) is 43.9 Å². The molecule has 0 bridgehead atoms. The molecule has 0 unspecified atom stereocenters. The number of carbonyl (C=O) groups is 1. The quantitative estimate of drug-likeness (QED) is 0.551. The average molecular weight is 344 g/mol. The Hall–Kier alpha value is -1.46. The predicted molar refractivity (Wildman–Crippen MR) is 91.4 cm³/mol. The third-order valence-electron chi connectivity index (χ3n) is 2.72. The molecule has 23 heavy (non-hydrogen) atoms. The molecular formula is C17H26ClNO4. The van der Waals surface area contributed by atoms with Gasteiger partial charge in [-0.15, -0.1) is 11.6 Å². The number of alkyl carbamates (subject to hydrolysis) is 1. The summed E-state index contributed by atoms with van der Waals surface area (Å²) in [5, 5.41) is 2.63. The topological polar surface area (TPSA) is 56.8 Å². The Bertz CT molecular complexity index is 457. The average Bonchev–Trinajstić information content (AvgIpc) is 2.46. The Kier molecular flexibility index (Phi) is 8.81. The number of rotatable bonds is 9. The summed E-state index contributed by atoms with van der Waals surface area (Å²) in [5.74, 6) is 1.42. The van der Waals surface area contributed by atoms with Crippen molar-refractivity contribution in [3.63, 3.8) is 0 Å². The standard InChI is InChI=1S/C17H26ClNO4/c1-17(2,3)23-16(20)19-10-11-21-12-13-22-15-6-4-14(5-7-15)8-9-18/h4-7H,8-13H2,1-3H3,(H,19,20). The number of ether oxygens (including phenoxy) is 3. The first-order valence-corrected chi connectivity index (χ1v) is 8.26. The van der Waals surface area contributed by atoms with Crippen LogP contribution in [0.3, 0.4) is 0 Å². The fourth-order valence-corrected chi connectivity index (χ4v) is 1.94. The number of hydrogen-bond donors (Lipinski definition) is 1. The van der Waals surface area contributed by atoms with E-state index < -0.39 is 11.7 Å². The molecular weight excluding hydrogens is 318 g/mol. The molecule has 0 aromatic heterocycles. The van der Waals surface area contributed by atoms with Crippen LogP contribution in [0.4, 0.5) is 4.79 Å². The highest BCUT2D eigenvalue weighted by Gasteiger charge is 2.15. The van der Waals surface area contributed by atoms with Crippen LogP contribution in [0.15, 0.2) is 24.3 Å². The maximum Gasteiger partial charge on any atom is 0.407 e. The van der Waals surface area contributed by atoms with Gasteiger partial charge in [0.2, 0.25) is 0 Å². The third-order valence-corrected chi connectivity index (χ3v) is 2.91. The predicted octanol–water partition coefficient (Wildman–Crippen LogP) is 3.39. The molecule has 0 spiro atoms. The highest BCUT2D eigenvalue weighted by molar-refractivity contribution is 6.17. The number of benzene rings is 1. The van der Waals surface area contributed by atoms with E-state index in [1.807, 2.05) is 45.0 Å². The highest BCUT2D eigenvalue weighted by Crippen LogP contribution is 2.12. The molecule has 0 aliphatic heterocycles. The molecule has 0 saturated heterocycles. The zero-order valence-corrected chi connectivity index (χ0v) is 14.8. The van der Waals surface area contributed by atoms with E-state index in [2.05, 4.69) is 5.32 Å². The molecule has 1 rings (SSSR count). The first kappa shape index (κ1) is 19.6. The van der Waals surface area contributed by atoms with Gasteiger partial charge >= 0.3 is 6.09 Å². The summed E-state index contributed by atoms with van der Waals surface area (Å²) >= 11 is 5.69. The fraction of sp³-hybridized carbons (Fsp3) is 0.588. The van der Waals surface area contributed by atoms with Crippen molar-refractivity contribution in [1.29, 1.82) is 0 Å². The van der Waals surface area contributed by atoms with Crippen molar-refractivity contribution >= 4 is 17.7 Å². The van der Waals surface area contributed by atoms with Crippen molar-refractivity contribution in [1.82, 2.24) is 5.32 Å². The molecule has 0 heterocycles. The summed E-state index contributed by atoms with van der Waals surface area (Å²) in [6.45, 7) is 7.20. The summed E-state index contributed by atoms with van der Waals surface area (Å²) < 4.78 is 16.1. The van der Waals surface area contributed by atoms with Gasteiger partial charge in [0.05, 0.1) is 13.2 Å². The normalized spacial score (nSPS) is 11.1. The number of hydrogen-bond acceptors (Lipinski definition) is 4. The lowest BCUT2D eigenvalue weighted by molar-refractivity contribution is 0.0489. The van der Waals surface area contributed by atoms with E-state index in [1.54, 1.807) is 0 Å². The van der Waals surface area contributed by atoms with Crippen molar-refractivity contribution in [3.05, 3.63) is 29.8 Å². The Balaban J connectivity index is 2.04.